The third-order valence-corrected chi connectivity index (χ3v) is 12.2. The van der Waals surface area contributed by atoms with Gasteiger partial charge in [-0.05, 0) is 67.0 Å². The number of piperazine rings is 1. The van der Waals surface area contributed by atoms with Gasteiger partial charge in [0, 0.05) is 95.2 Å². The standard InChI is InChI=1S/C44H54F2N10O9S/c45-44(46)22-33(23-47)56(29-44)38(57)24-49-42(64)35-8-9-48-37-7-6-34(21-36(35)37)65-19-1-10-51-13-16-54(17-14-51)43(66)50-31-4-2-30(3-5-31)20-32-25-53(27-40(60)61)12-11-52(26-39(58)59)15-18-55(32)28-41(62)63/h2-9,21,32-33H,1,10-20,22,24-29H2,(H,49,64)(H,50,66)(H,58,59)(H,60,61)(H,62,63)/t32?,33-/m0/s1. The zero-order valence-corrected chi connectivity index (χ0v) is 37.1. The minimum absolute atomic E-state index is 0.227. The van der Waals surface area contributed by atoms with E-state index in [9.17, 15) is 53.3 Å². The van der Waals surface area contributed by atoms with E-state index in [2.05, 4.69) is 25.4 Å². The van der Waals surface area contributed by atoms with E-state index in [1.807, 2.05) is 24.3 Å². The average molecular weight is 937 g/mol. The van der Waals surface area contributed by atoms with Gasteiger partial charge in [0.2, 0.25) is 5.91 Å². The second kappa shape index (κ2) is 22.9. The van der Waals surface area contributed by atoms with Crippen LogP contribution in [-0.4, -0.2) is 207 Å². The van der Waals surface area contributed by atoms with Crippen LogP contribution < -0.4 is 15.4 Å². The molecule has 3 saturated heterocycles. The molecule has 3 aliphatic heterocycles. The number of pyridine rings is 1. The molecule has 19 nitrogen and oxygen atoms in total. The van der Waals surface area contributed by atoms with Crippen molar-refractivity contribution in [1.29, 1.82) is 5.26 Å². The van der Waals surface area contributed by atoms with E-state index in [0.717, 1.165) is 42.2 Å². The van der Waals surface area contributed by atoms with Gasteiger partial charge in [-0.15, -0.1) is 0 Å². The highest BCUT2D eigenvalue weighted by molar-refractivity contribution is 7.80. The Labute approximate surface area is 385 Å². The zero-order chi connectivity index (χ0) is 47.4. The number of carbonyl (C=O) groups excluding carboxylic acids is 2. The number of carboxylic acid groups (broad SMARTS) is 3. The van der Waals surface area contributed by atoms with Crippen molar-refractivity contribution in [3.05, 3.63) is 65.9 Å². The van der Waals surface area contributed by atoms with Crippen LogP contribution in [0, 0.1) is 11.3 Å². The molecule has 0 saturated carbocycles. The smallest absolute Gasteiger partial charge is 0.317 e. The first-order valence-electron chi connectivity index (χ1n) is 21.6. The van der Waals surface area contributed by atoms with Crippen LogP contribution in [0.3, 0.4) is 0 Å². The fraction of sp³-hybridized carbons (Fsp3) is 0.500. The first kappa shape index (κ1) is 49.3. The summed E-state index contributed by atoms with van der Waals surface area (Å²) < 4.78 is 33.7. The summed E-state index contributed by atoms with van der Waals surface area (Å²) in [5.74, 6) is -7.06. The van der Waals surface area contributed by atoms with Gasteiger partial charge in [0.15, 0.2) is 5.11 Å². The van der Waals surface area contributed by atoms with Gasteiger partial charge in [-0.2, -0.15) is 5.26 Å². The first-order valence-corrected chi connectivity index (χ1v) is 22.0. The van der Waals surface area contributed by atoms with Crippen LogP contribution in [0.1, 0.15) is 28.8 Å². The number of nitrogens with one attached hydrogen (secondary N) is 2. The fourth-order valence-electron chi connectivity index (χ4n) is 8.42. The molecule has 66 heavy (non-hydrogen) atoms. The van der Waals surface area contributed by atoms with Crippen LogP contribution in [0.25, 0.3) is 10.9 Å². The van der Waals surface area contributed by atoms with E-state index < -0.39 is 61.2 Å². The lowest BCUT2D eigenvalue weighted by atomic mass is 10.0. The van der Waals surface area contributed by atoms with Crippen molar-refractivity contribution >= 4 is 63.6 Å². The number of nitrogens with zero attached hydrogens (tertiary/aromatic N) is 8. The Kier molecular flexibility index (Phi) is 17.1. The molecule has 4 heterocycles. The Morgan fingerprint density at radius 3 is 2.23 bits per heavy atom. The number of carbonyl (C=O) groups is 5. The van der Waals surface area contributed by atoms with E-state index >= 15 is 0 Å². The molecule has 2 atom stereocenters. The summed E-state index contributed by atoms with van der Waals surface area (Å²) >= 11 is 5.76. The molecule has 0 bridgehead atoms. The Morgan fingerprint density at radius 2 is 1.53 bits per heavy atom. The SMILES string of the molecule is N#C[C@@H]1CC(F)(F)CN1C(=O)CNC(=O)c1ccnc2ccc(OCCCN3CCN(C(=S)Nc4ccc(CC5CN(CC(=O)O)CCN(CC(=O)O)CCN5CC(=O)O)cc4)CC3)cc12. The number of benzene rings is 2. The number of nitriles is 1. The van der Waals surface area contributed by atoms with Gasteiger partial charge in [-0.1, -0.05) is 12.1 Å². The van der Waals surface area contributed by atoms with Gasteiger partial charge < -0.3 is 40.5 Å². The molecule has 0 aliphatic carbocycles. The van der Waals surface area contributed by atoms with Crippen LogP contribution in [0.4, 0.5) is 14.5 Å². The number of carboxylic acids is 3. The summed E-state index contributed by atoms with van der Waals surface area (Å²) in [6.07, 6.45) is 1.89. The van der Waals surface area contributed by atoms with E-state index in [1.54, 1.807) is 39.0 Å². The third-order valence-electron chi connectivity index (χ3n) is 11.8. The van der Waals surface area contributed by atoms with Crippen LogP contribution in [0.15, 0.2) is 54.7 Å². The number of alkyl halides is 2. The lowest BCUT2D eigenvalue weighted by Crippen LogP contribution is -2.50. The van der Waals surface area contributed by atoms with Crippen LogP contribution in [0.5, 0.6) is 5.75 Å². The average Bonchev–Trinajstić information content (AvgIpc) is 3.63. The van der Waals surface area contributed by atoms with Gasteiger partial charge in [0.25, 0.3) is 11.8 Å². The maximum Gasteiger partial charge on any atom is 0.317 e. The number of thiocarbonyl (C=S) groups is 1. The molecule has 3 fully saturated rings. The maximum absolute atomic E-state index is 13.8. The minimum atomic E-state index is -3.16. The number of ether oxygens (including phenoxy) is 1. The Morgan fingerprint density at radius 1 is 0.864 bits per heavy atom. The van der Waals surface area contributed by atoms with Gasteiger partial charge in [0.05, 0.1) is 56.5 Å². The molecule has 3 aliphatic rings. The quantitative estimate of drug-likeness (QED) is 0.0955. The van der Waals surface area contributed by atoms with Crippen molar-refractivity contribution in [3.63, 3.8) is 0 Å². The lowest BCUT2D eigenvalue weighted by Gasteiger charge is -2.36. The molecule has 0 radical (unpaired) electrons. The van der Waals surface area contributed by atoms with E-state index in [4.69, 9.17) is 17.0 Å². The second-order valence-electron chi connectivity index (χ2n) is 16.6. The molecular formula is C44H54F2N10O9S. The molecule has 3 aromatic rings. The predicted molar refractivity (Wildman–Crippen MR) is 240 cm³/mol. The third kappa shape index (κ3) is 14.2. The topological polar surface area (TPSA) is 235 Å². The Balaban J connectivity index is 0.943. The Hall–Kier alpha value is -6.12. The number of aliphatic carboxylic acids is 3. The summed E-state index contributed by atoms with van der Waals surface area (Å²) in [5, 5.41) is 44.7. The van der Waals surface area contributed by atoms with E-state index in [1.165, 1.54) is 12.3 Å². The van der Waals surface area contributed by atoms with Gasteiger partial charge in [0.1, 0.15) is 11.8 Å². The van der Waals surface area contributed by atoms with Crippen LogP contribution in [-0.2, 0) is 25.6 Å². The normalized spacial score (nSPS) is 19.8. The first-order chi connectivity index (χ1) is 31.5. The molecule has 2 aromatic carbocycles. The highest BCUT2D eigenvalue weighted by atomic mass is 32.1. The highest BCUT2D eigenvalue weighted by Gasteiger charge is 2.47. The minimum Gasteiger partial charge on any atom is -0.494 e. The summed E-state index contributed by atoms with van der Waals surface area (Å²) in [6, 6.07) is 14.5. The predicted octanol–water partition coefficient (Wildman–Crippen LogP) is 1.59. The molecule has 2 amide bonds. The van der Waals surface area contributed by atoms with E-state index in [0.29, 0.717) is 80.6 Å². The van der Waals surface area contributed by atoms with Crippen LogP contribution in [0.2, 0.25) is 0 Å². The van der Waals surface area contributed by atoms with Crippen molar-refractivity contribution < 1.29 is 52.8 Å². The van der Waals surface area contributed by atoms with Crippen molar-refractivity contribution in [2.45, 2.75) is 37.3 Å². The second-order valence-corrected chi connectivity index (χ2v) is 17.0. The number of halogens is 2. The van der Waals surface area contributed by atoms with Crippen molar-refractivity contribution in [3.8, 4) is 11.8 Å². The van der Waals surface area contributed by atoms with Crippen LogP contribution >= 0.6 is 12.2 Å². The Bertz CT molecular complexity index is 2280. The van der Waals surface area contributed by atoms with Gasteiger partial charge >= 0.3 is 17.9 Å². The number of anilines is 1. The molecule has 5 N–H and O–H groups in total. The molecule has 354 valence electrons. The molecule has 22 heteroatoms. The summed E-state index contributed by atoms with van der Waals surface area (Å²) in [6.45, 7) is 3.61. The fourth-order valence-corrected chi connectivity index (χ4v) is 8.72. The maximum atomic E-state index is 13.8. The van der Waals surface area contributed by atoms with Crippen molar-refractivity contribution in [2.75, 3.05) is 110 Å². The molecular weight excluding hydrogens is 883 g/mol. The van der Waals surface area contributed by atoms with E-state index in [-0.39, 0.29) is 31.2 Å². The number of rotatable bonds is 17. The summed E-state index contributed by atoms with van der Waals surface area (Å²) in [5.41, 5.74) is 2.46. The molecule has 0 spiro atoms. The number of aromatic nitrogens is 1. The number of hydrogen-bond donors (Lipinski definition) is 5. The summed E-state index contributed by atoms with van der Waals surface area (Å²) in [4.78, 5) is 75.5. The zero-order valence-electron chi connectivity index (χ0n) is 36.3. The highest BCUT2D eigenvalue weighted by Crippen LogP contribution is 2.32. The number of likely N-dealkylation sites (tertiary alicyclic amines) is 1. The van der Waals surface area contributed by atoms with Crippen molar-refractivity contribution in [1.82, 2.24) is 39.7 Å². The molecule has 6 rings (SSSR count). The number of amides is 2. The number of fused-ring (bicyclic) bond motifs is 1. The molecule has 1 unspecified atom stereocenters. The lowest BCUT2D eigenvalue weighted by molar-refractivity contribution is -0.140. The molecule has 1 aromatic heterocycles. The largest absolute Gasteiger partial charge is 0.494 e. The van der Waals surface area contributed by atoms with Gasteiger partial charge in [-0.25, -0.2) is 8.78 Å². The number of hydrogen-bond acceptors (Lipinski definition) is 13. The van der Waals surface area contributed by atoms with Gasteiger partial charge in [-0.3, -0.25) is 48.6 Å². The van der Waals surface area contributed by atoms with Crippen molar-refractivity contribution in [2.24, 2.45) is 0 Å². The monoisotopic (exact) mass is 936 g/mol. The summed E-state index contributed by atoms with van der Waals surface area (Å²) in [7, 11) is 0.